The molecule has 1 atom stereocenters. The molecule has 0 aromatic carbocycles. The van der Waals surface area contributed by atoms with E-state index in [2.05, 4.69) is 39.7 Å². The second kappa shape index (κ2) is 6.60. The second-order valence-electron chi connectivity index (χ2n) is 5.97. The standard InChI is InChI=1S/C16H22N4OS/c1-3-11-9-22-14(18-11)6-7-17-16(21)15-12-8-10(2)4-5-13(12)19-20-15/h9-10H,3-8H2,1-2H3,(H,17,21)(H,19,20)/t10-/m0/s1. The summed E-state index contributed by atoms with van der Waals surface area (Å²) in [7, 11) is 0. The normalized spacial score (nSPS) is 17.3. The van der Waals surface area contributed by atoms with Gasteiger partial charge in [0, 0.05) is 29.6 Å². The Morgan fingerprint density at radius 1 is 1.55 bits per heavy atom. The molecule has 1 aliphatic carbocycles. The zero-order valence-corrected chi connectivity index (χ0v) is 13.9. The van der Waals surface area contributed by atoms with E-state index in [4.69, 9.17) is 0 Å². The predicted octanol–water partition coefficient (Wildman–Crippen LogP) is 2.53. The van der Waals surface area contributed by atoms with Gasteiger partial charge in [-0.15, -0.1) is 11.3 Å². The van der Waals surface area contributed by atoms with Crippen LogP contribution in [0.4, 0.5) is 0 Å². The van der Waals surface area contributed by atoms with Crippen LogP contribution in [0.25, 0.3) is 0 Å². The summed E-state index contributed by atoms with van der Waals surface area (Å²) in [4.78, 5) is 16.8. The molecule has 3 rings (SSSR count). The Balaban J connectivity index is 1.57. The van der Waals surface area contributed by atoms with Gasteiger partial charge in [-0.05, 0) is 31.6 Å². The van der Waals surface area contributed by atoms with E-state index in [9.17, 15) is 4.79 Å². The van der Waals surface area contributed by atoms with Crippen molar-refractivity contribution in [2.45, 2.75) is 46.0 Å². The SMILES string of the molecule is CCc1csc(CCNC(=O)c2n[nH]c3c2C[C@@H](C)CC3)n1. The topological polar surface area (TPSA) is 70.7 Å². The van der Waals surface area contributed by atoms with Crippen molar-refractivity contribution in [3.05, 3.63) is 33.0 Å². The van der Waals surface area contributed by atoms with Gasteiger partial charge in [-0.25, -0.2) is 4.98 Å². The Morgan fingerprint density at radius 3 is 3.18 bits per heavy atom. The summed E-state index contributed by atoms with van der Waals surface area (Å²) in [6.45, 7) is 4.93. The molecule has 2 aromatic rings. The first-order chi connectivity index (χ1) is 10.7. The van der Waals surface area contributed by atoms with Crippen molar-refractivity contribution in [3.63, 3.8) is 0 Å². The number of thiazole rings is 1. The van der Waals surface area contributed by atoms with Gasteiger partial charge in [0.25, 0.3) is 5.91 Å². The molecule has 6 heteroatoms. The molecule has 0 saturated carbocycles. The van der Waals surface area contributed by atoms with Crippen molar-refractivity contribution >= 4 is 17.2 Å². The summed E-state index contributed by atoms with van der Waals surface area (Å²) < 4.78 is 0. The maximum Gasteiger partial charge on any atom is 0.272 e. The van der Waals surface area contributed by atoms with Crippen molar-refractivity contribution in [2.75, 3.05) is 6.54 Å². The van der Waals surface area contributed by atoms with Crippen LogP contribution in [-0.4, -0.2) is 27.6 Å². The van der Waals surface area contributed by atoms with Crippen LogP contribution in [0.2, 0.25) is 0 Å². The van der Waals surface area contributed by atoms with Crippen LogP contribution in [0.5, 0.6) is 0 Å². The van der Waals surface area contributed by atoms with Crippen LogP contribution >= 0.6 is 11.3 Å². The average Bonchev–Trinajstić information content (AvgIpc) is 3.13. The third-order valence-electron chi connectivity index (χ3n) is 4.19. The average molecular weight is 318 g/mol. The largest absolute Gasteiger partial charge is 0.350 e. The fourth-order valence-corrected chi connectivity index (χ4v) is 3.73. The molecular weight excluding hydrogens is 296 g/mol. The molecule has 2 aromatic heterocycles. The van der Waals surface area contributed by atoms with Crippen LogP contribution < -0.4 is 5.32 Å². The van der Waals surface area contributed by atoms with Crippen LogP contribution in [0.3, 0.4) is 0 Å². The predicted molar refractivity (Wildman–Crippen MR) is 87.3 cm³/mol. The molecule has 0 fully saturated rings. The van der Waals surface area contributed by atoms with Gasteiger partial charge in [-0.2, -0.15) is 5.10 Å². The van der Waals surface area contributed by atoms with Crippen molar-refractivity contribution in [1.82, 2.24) is 20.5 Å². The fraction of sp³-hybridized carbons (Fsp3) is 0.562. The molecule has 1 aliphatic rings. The van der Waals surface area contributed by atoms with Gasteiger partial charge in [-0.1, -0.05) is 13.8 Å². The highest BCUT2D eigenvalue weighted by Crippen LogP contribution is 2.26. The molecule has 2 heterocycles. The van der Waals surface area contributed by atoms with Gasteiger partial charge in [0.05, 0.1) is 10.7 Å². The molecule has 1 amide bonds. The molecule has 5 nitrogen and oxygen atoms in total. The summed E-state index contributed by atoms with van der Waals surface area (Å²) >= 11 is 1.66. The number of fused-ring (bicyclic) bond motifs is 1. The highest BCUT2D eigenvalue weighted by atomic mass is 32.1. The van der Waals surface area contributed by atoms with Crippen molar-refractivity contribution < 1.29 is 4.79 Å². The minimum Gasteiger partial charge on any atom is -0.350 e. The Morgan fingerprint density at radius 2 is 2.41 bits per heavy atom. The summed E-state index contributed by atoms with van der Waals surface area (Å²) in [5.41, 5.74) is 3.95. The first kappa shape index (κ1) is 15.2. The molecule has 0 radical (unpaired) electrons. The first-order valence-electron chi connectivity index (χ1n) is 7.95. The van der Waals surface area contributed by atoms with E-state index >= 15 is 0 Å². The summed E-state index contributed by atoms with van der Waals surface area (Å²) in [5.74, 6) is 0.554. The van der Waals surface area contributed by atoms with Gasteiger partial charge in [0.15, 0.2) is 5.69 Å². The molecular formula is C16H22N4OS. The monoisotopic (exact) mass is 318 g/mol. The van der Waals surface area contributed by atoms with Gasteiger partial charge in [-0.3, -0.25) is 9.89 Å². The molecule has 0 saturated heterocycles. The molecule has 0 bridgehead atoms. The Labute approximate surface area is 134 Å². The first-order valence-corrected chi connectivity index (χ1v) is 8.83. The number of amides is 1. The lowest BCUT2D eigenvalue weighted by atomic mass is 9.87. The lowest BCUT2D eigenvalue weighted by molar-refractivity contribution is 0.0948. The lowest BCUT2D eigenvalue weighted by Gasteiger charge is -2.17. The maximum atomic E-state index is 12.3. The zero-order valence-electron chi connectivity index (χ0n) is 13.1. The summed E-state index contributed by atoms with van der Waals surface area (Å²) in [6.07, 6.45) is 4.84. The van der Waals surface area contributed by atoms with Gasteiger partial charge >= 0.3 is 0 Å². The number of aromatic nitrogens is 3. The number of hydrogen-bond acceptors (Lipinski definition) is 4. The summed E-state index contributed by atoms with van der Waals surface area (Å²) in [5, 5.41) is 13.4. The number of nitrogens with zero attached hydrogens (tertiary/aromatic N) is 2. The van der Waals surface area contributed by atoms with E-state index in [1.807, 2.05) is 0 Å². The Bertz CT molecular complexity index is 661. The van der Waals surface area contributed by atoms with E-state index in [0.717, 1.165) is 47.6 Å². The van der Waals surface area contributed by atoms with Crippen LogP contribution in [0, 0.1) is 5.92 Å². The molecule has 0 unspecified atom stereocenters. The Hall–Kier alpha value is -1.69. The van der Waals surface area contributed by atoms with Crippen LogP contribution in [0.1, 0.15) is 52.7 Å². The number of carbonyl (C=O) groups excluding carboxylic acids is 1. The third kappa shape index (κ3) is 3.21. The van der Waals surface area contributed by atoms with Gasteiger partial charge < -0.3 is 5.32 Å². The minimum atomic E-state index is -0.0705. The minimum absolute atomic E-state index is 0.0705. The van der Waals surface area contributed by atoms with E-state index < -0.39 is 0 Å². The number of hydrogen-bond donors (Lipinski definition) is 2. The number of rotatable bonds is 5. The smallest absolute Gasteiger partial charge is 0.272 e. The second-order valence-corrected chi connectivity index (χ2v) is 6.91. The van der Waals surface area contributed by atoms with Gasteiger partial charge in [0.2, 0.25) is 0 Å². The molecule has 22 heavy (non-hydrogen) atoms. The number of aromatic amines is 1. The van der Waals surface area contributed by atoms with Crippen LogP contribution in [-0.2, 0) is 25.7 Å². The van der Waals surface area contributed by atoms with E-state index in [-0.39, 0.29) is 5.91 Å². The highest BCUT2D eigenvalue weighted by Gasteiger charge is 2.24. The van der Waals surface area contributed by atoms with Crippen molar-refractivity contribution in [2.24, 2.45) is 5.92 Å². The summed E-state index contributed by atoms with van der Waals surface area (Å²) in [6, 6.07) is 0. The zero-order chi connectivity index (χ0) is 15.5. The quantitative estimate of drug-likeness (QED) is 0.890. The molecule has 118 valence electrons. The van der Waals surface area contributed by atoms with E-state index in [0.29, 0.717) is 18.2 Å². The van der Waals surface area contributed by atoms with Crippen LogP contribution in [0.15, 0.2) is 5.38 Å². The molecule has 0 spiro atoms. The highest BCUT2D eigenvalue weighted by molar-refractivity contribution is 7.09. The van der Waals surface area contributed by atoms with Gasteiger partial charge in [0.1, 0.15) is 0 Å². The third-order valence-corrected chi connectivity index (χ3v) is 5.15. The van der Waals surface area contributed by atoms with E-state index in [1.165, 1.54) is 6.42 Å². The number of carbonyl (C=O) groups is 1. The molecule has 0 aliphatic heterocycles. The number of nitrogens with one attached hydrogen (secondary N) is 2. The number of aryl methyl sites for hydroxylation is 2. The molecule has 2 N–H and O–H groups in total. The van der Waals surface area contributed by atoms with Crippen molar-refractivity contribution in [1.29, 1.82) is 0 Å². The van der Waals surface area contributed by atoms with E-state index in [1.54, 1.807) is 11.3 Å². The maximum absolute atomic E-state index is 12.3. The lowest BCUT2D eigenvalue weighted by Crippen LogP contribution is -2.27. The fourth-order valence-electron chi connectivity index (χ4n) is 2.85. The Kier molecular flexibility index (Phi) is 4.57. The number of H-pyrrole nitrogens is 1. The van der Waals surface area contributed by atoms with Crippen molar-refractivity contribution in [3.8, 4) is 0 Å².